The summed E-state index contributed by atoms with van der Waals surface area (Å²) in [6.45, 7) is 4.41. The van der Waals surface area contributed by atoms with Crippen LogP contribution in [0.15, 0.2) is 47.3 Å². The predicted octanol–water partition coefficient (Wildman–Crippen LogP) is 3.10. The number of hydrogen-bond donors (Lipinski definition) is 1. The smallest absolute Gasteiger partial charge is 0.255 e. The SMILES string of the molecule is O=c1c(CNC2CN3CCC2CC3)cc2cc3c(cc2n1Cc1cccc(F)c1)OCO3. The summed E-state index contributed by atoms with van der Waals surface area (Å²) in [5.41, 5.74) is 2.15. The number of benzene rings is 2. The Balaban J connectivity index is 1.38. The second-order valence-electron chi connectivity index (χ2n) is 9.08. The molecule has 2 aromatic carbocycles. The molecule has 5 heterocycles. The van der Waals surface area contributed by atoms with E-state index in [1.54, 1.807) is 10.6 Å². The van der Waals surface area contributed by atoms with Gasteiger partial charge in [0.05, 0.1) is 12.1 Å². The molecule has 32 heavy (non-hydrogen) atoms. The summed E-state index contributed by atoms with van der Waals surface area (Å²) in [5.74, 6) is 1.69. The highest BCUT2D eigenvalue weighted by Crippen LogP contribution is 2.36. The van der Waals surface area contributed by atoms with Gasteiger partial charge < -0.3 is 24.3 Å². The zero-order valence-corrected chi connectivity index (χ0v) is 17.9. The van der Waals surface area contributed by atoms with E-state index in [2.05, 4.69) is 10.2 Å². The van der Waals surface area contributed by atoms with Crippen LogP contribution < -0.4 is 20.3 Å². The Bertz CT molecular complexity index is 1230. The first kappa shape index (κ1) is 19.8. The fourth-order valence-electron chi connectivity index (χ4n) is 5.37. The topological polar surface area (TPSA) is 55.7 Å². The summed E-state index contributed by atoms with van der Waals surface area (Å²) in [6, 6.07) is 12.6. The minimum Gasteiger partial charge on any atom is -0.454 e. The van der Waals surface area contributed by atoms with Gasteiger partial charge in [0.1, 0.15) is 5.82 Å². The van der Waals surface area contributed by atoms with Crippen LogP contribution in [0.4, 0.5) is 4.39 Å². The maximum atomic E-state index is 13.8. The standard InChI is InChI=1S/C25H26FN3O3/c26-20-3-1-2-16(8-20)13-29-22-11-24-23(31-15-32-24)10-18(22)9-19(25(29)30)12-27-21-14-28-6-4-17(21)5-7-28/h1-3,8-11,17,21,27H,4-7,12-15H2. The van der Waals surface area contributed by atoms with Crippen LogP contribution in [0.3, 0.4) is 0 Å². The number of halogens is 1. The van der Waals surface area contributed by atoms with Crippen LogP contribution >= 0.6 is 0 Å². The van der Waals surface area contributed by atoms with Gasteiger partial charge in [0.25, 0.3) is 5.56 Å². The van der Waals surface area contributed by atoms with Gasteiger partial charge in [-0.3, -0.25) is 4.79 Å². The van der Waals surface area contributed by atoms with Gasteiger partial charge in [-0.25, -0.2) is 4.39 Å². The average Bonchev–Trinajstić information content (AvgIpc) is 3.27. The van der Waals surface area contributed by atoms with Crippen molar-refractivity contribution in [2.24, 2.45) is 5.92 Å². The zero-order valence-electron chi connectivity index (χ0n) is 17.9. The van der Waals surface area contributed by atoms with E-state index in [0.29, 0.717) is 42.1 Å². The number of piperidine rings is 3. The van der Waals surface area contributed by atoms with Crippen LogP contribution in [0.2, 0.25) is 0 Å². The quantitative estimate of drug-likeness (QED) is 0.668. The van der Waals surface area contributed by atoms with Crippen LogP contribution in [-0.2, 0) is 13.1 Å². The molecule has 0 saturated carbocycles. The van der Waals surface area contributed by atoms with E-state index in [0.717, 1.165) is 23.0 Å². The van der Waals surface area contributed by atoms with Gasteiger partial charge in [0.15, 0.2) is 11.5 Å². The molecule has 7 heteroatoms. The lowest BCUT2D eigenvalue weighted by molar-refractivity contribution is 0.0719. The number of nitrogens with one attached hydrogen (secondary N) is 1. The number of aromatic nitrogens is 1. The molecule has 4 aliphatic heterocycles. The van der Waals surface area contributed by atoms with Gasteiger partial charge in [-0.05, 0) is 61.7 Å². The molecule has 1 atom stereocenters. The largest absolute Gasteiger partial charge is 0.454 e. The molecule has 1 unspecified atom stereocenters. The van der Waals surface area contributed by atoms with Crippen molar-refractivity contribution < 1.29 is 13.9 Å². The minimum absolute atomic E-state index is 0.0607. The van der Waals surface area contributed by atoms with E-state index in [9.17, 15) is 9.18 Å². The molecular formula is C25H26FN3O3. The molecule has 3 aromatic rings. The maximum Gasteiger partial charge on any atom is 0.255 e. The highest BCUT2D eigenvalue weighted by Gasteiger charge is 2.33. The maximum absolute atomic E-state index is 13.8. The van der Waals surface area contributed by atoms with Gasteiger partial charge in [-0.1, -0.05) is 12.1 Å². The van der Waals surface area contributed by atoms with Crippen LogP contribution in [-0.4, -0.2) is 41.9 Å². The number of fused-ring (bicyclic) bond motifs is 5. The first-order valence-electron chi connectivity index (χ1n) is 11.3. The molecular weight excluding hydrogens is 409 g/mol. The first-order chi connectivity index (χ1) is 15.6. The van der Waals surface area contributed by atoms with Crippen molar-refractivity contribution in [2.75, 3.05) is 26.4 Å². The number of hydrogen-bond acceptors (Lipinski definition) is 5. The highest BCUT2D eigenvalue weighted by atomic mass is 19.1. The van der Waals surface area contributed by atoms with Crippen molar-refractivity contribution in [3.8, 4) is 11.5 Å². The Labute approximate surface area is 185 Å². The molecule has 0 spiro atoms. The lowest BCUT2D eigenvalue weighted by Gasteiger charge is -2.45. The highest BCUT2D eigenvalue weighted by molar-refractivity contribution is 5.84. The van der Waals surface area contributed by atoms with E-state index in [4.69, 9.17) is 9.47 Å². The lowest BCUT2D eigenvalue weighted by atomic mass is 9.84. The third-order valence-corrected chi connectivity index (χ3v) is 7.10. The van der Waals surface area contributed by atoms with Crippen LogP contribution in [0, 0.1) is 11.7 Å². The molecule has 0 radical (unpaired) electrons. The number of ether oxygens (including phenoxy) is 2. The molecule has 1 N–H and O–H groups in total. The molecule has 1 aromatic heterocycles. The van der Waals surface area contributed by atoms with Gasteiger partial charge >= 0.3 is 0 Å². The summed E-state index contributed by atoms with van der Waals surface area (Å²) >= 11 is 0. The molecule has 0 amide bonds. The summed E-state index contributed by atoms with van der Waals surface area (Å²) in [7, 11) is 0. The first-order valence-corrected chi connectivity index (χ1v) is 11.3. The molecule has 6 nitrogen and oxygen atoms in total. The third kappa shape index (κ3) is 3.55. The Hall–Kier alpha value is -2.90. The molecule has 4 aliphatic rings. The van der Waals surface area contributed by atoms with Crippen molar-refractivity contribution in [3.63, 3.8) is 0 Å². The van der Waals surface area contributed by atoms with Gasteiger partial charge in [0, 0.05) is 36.1 Å². The number of pyridine rings is 1. The Kier molecular flexibility index (Phi) is 4.88. The van der Waals surface area contributed by atoms with Gasteiger partial charge in [0.2, 0.25) is 6.79 Å². The minimum atomic E-state index is -0.308. The molecule has 2 bridgehead atoms. The average molecular weight is 435 g/mol. The van der Waals surface area contributed by atoms with Crippen molar-refractivity contribution in [1.29, 1.82) is 0 Å². The number of rotatable bonds is 5. The van der Waals surface area contributed by atoms with Gasteiger partial charge in [-0.15, -0.1) is 0 Å². The van der Waals surface area contributed by atoms with Crippen molar-refractivity contribution in [3.05, 3.63) is 69.8 Å². The van der Waals surface area contributed by atoms with Crippen LogP contribution in [0.5, 0.6) is 11.5 Å². The molecule has 166 valence electrons. The summed E-state index contributed by atoms with van der Waals surface area (Å²) < 4.78 is 26.6. The van der Waals surface area contributed by atoms with E-state index in [1.165, 1.54) is 38.1 Å². The molecule has 3 saturated heterocycles. The second-order valence-corrected chi connectivity index (χ2v) is 9.08. The van der Waals surface area contributed by atoms with Crippen molar-refractivity contribution in [1.82, 2.24) is 14.8 Å². The molecule has 0 aliphatic carbocycles. The van der Waals surface area contributed by atoms with E-state index in [1.807, 2.05) is 24.3 Å². The fraction of sp³-hybridized carbons (Fsp3) is 0.400. The van der Waals surface area contributed by atoms with Crippen molar-refractivity contribution in [2.45, 2.75) is 32.0 Å². The summed E-state index contributed by atoms with van der Waals surface area (Å²) in [6.07, 6.45) is 2.45. The second kappa shape index (κ2) is 7.90. The van der Waals surface area contributed by atoms with E-state index in [-0.39, 0.29) is 18.2 Å². The fourth-order valence-corrected chi connectivity index (χ4v) is 5.37. The molecule has 3 fully saturated rings. The Morgan fingerprint density at radius 3 is 2.62 bits per heavy atom. The van der Waals surface area contributed by atoms with E-state index >= 15 is 0 Å². The van der Waals surface area contributed by atoms with Crippen molar-refractivity contribution >= 4 is 10.9 Å². The Morgan fingerprint density at radius 1 is 1.06 bits per heavy atom. The third-order valence-electron chi connectivity index (χ3n) is 7.10. The zero-order chi connectivity index (χ0) is 21.7. The Morgan fingerprint density at radius 2 is 1.88 bits per heavy atom. The summed E-state index contributed by atoms with van der Waals surface area (Å²) in [4.78, 5) is 16.1. The molecule has 7 rings (SSSR count). The lowest BCUT2D eigenvalue weighted by Crippen LogP contribution is -2.56. The van der Waals surface area contributed by atoms with Crippen LogP contribution in [0.25, 0.3) is 10.9 Å². The number of nitrogens with zero attached hydrogens (tertiary/aromatic N) is 2. The predicted molar refractivity (Wildman–Crippen MR) is 120 cm³/mol. The monoisotopic (exact) mass is 435 g/mol. The van der Waals surface area contributed by atoms with Crippen LogP contribution in [0.1, 0.15) is 24.0 Å². The summed E-state index contributed by atoms with van der Waals surface area (Å²) in [5, 5.41) is 4.57. The normalized spacial score (nSPS) is 23.7. The van der Waals surface area contributed by atoms with E-state index < -0.39 is 0 Å². The van der Waals surface area contributed by atoms with Gasteiger partial charge in [-0.2, -0.15) is 0 Å².